The number of rotatable bonds is 17. The van der Waals surface area contributed by atoms with Gasteiger partial charge in [0, 0.05) is 0 Å². The molecule has 10 N–H and O–H groups in total. The van der Waals surface area contributed by atoms with Gasteiger partial charge in [0.1, 0.15) is 18.1 Å². The molecule has 0 bridgehead atoms. The van der Waals surface area contributed by atoms with Gasteiger partial charge in [-0.1, -0.05) is 0 Å². The predicted molar refractivity (Wildman–Crippen MR) is 117 cm³/mol. The number of hydrogen-bond donors (Lipinski definition) is 8. The molecule has 0 fully saturated rings. The Labute approximate surface area is 190 Å². The maximum atomic E-state index is 12.8. The van der Waals surface area contributed by atoms with Gasteiger partial charge in [-0.2, -0.15) is 11.8 Å². The largest absolute Gasteiger partial charge is 0.481 e. The number of thioether (sulfide) groups is 1. The Balaban J connectivity index is 5.38. The smallest absolute Gasteiger partial charge is 0.328 e. The molecule has 3 amide bonds. The molecule has 0 aliphatic heterocycles. The summed E-state index contributed by atoms with van der Waals surface area (Å²) in [5.74, 6) is -4.83. The van der Waals surface area contributed by atoms with Crippen molar-refractivity contribution in [1.82, 2.24) is 16.0 Å². The topological polar surface area (TPSA) is 234 Å². The SMILES string of the molecule is CSCCC(N)C(=O)NC(CCCCN)C(=O)NC(CC(=O)O)C(=O)NC(CO)C(=O)O. The van der Waals surface area contributed by atoms with E-state index in [-0.39, 0.29) is 6.42 Å². The van der Waals surface area contributed by atoms with E-state index in [1.807, 2.05) is 11.6 Å². The number of nitrogens with one attached hydrogen (secondary N) is 3. The van der Waals surface area contributed by atoms with E-state index in [1.165, 1.54) is 11.8 Å². The summed E-state index contributed by atoms with van der Waals surface area (Å²) in [5.41, 5.74) is 11.3. The molecule has 0 aliphatic carbocycles. The molecule has 0 aliphatic rings. The second kappa shape index (κ2) is 16.2. The minimum Gasteiger partial charge on any atom is -0.481 e. The lowest BCUT2D eigenvalue weighted by molar-refractivity contribution is -0.144. The first-order chi connectivity index (χ1) is 15.1. The molecule has 0 radical (unpaired) electrons. The standard InChI is InChI=1S/C18H33N5O8S/c1-32-7-5-10(20)15(27)21-11(4-2-3-6-19)16(28)22-12(8-14(25)26)17(29)23-13(9-24)18(30)31/h10-13,24H,2-9,19-20H2,1H3,(H,21,27)(H,22,28)(H,23,29)(H,25,26)(H,30,31). The summed E-state index contributed by atoms with van der Waals surface area (Å²) < 4.78 is 0. The summed E-state index contributed by atoms with van der Waals surface area (Å²) in [5, 5.41) is 33.7. The fourth-order valence-corrected chi connectivity index (χ4v) is 3.02. The highest BCUT2D eigenvalue weighted by molar-refractivity contribution is 7.98. The van der Waals surface area contributed by atoms with Crippen LogP contribution in [0, 0.1) is 0 Å². The van der Waals surface area contributed by atoms with Gasteiger partial charge in [-0.25, -0.2) is 4.79 Å². The number of carboxylic acid groups (broad SMARTS) is 2. The molecule has 0 aromatic heterocycles. The Morgan fingerprint density at radius 1 is 0.875 bits per heavy atom. The fraction of sp³-hybridized carbons (Fsp3) is 0.722. The lowest BCUT2D eigenvalue weighted by Gasteiger charge is -2.24. The molecule has 0 saturated heterocycles. The van der Waals surface area contributed by atoms with E-state index in [4.69, 9.17) is 26.8 Å². The molecule has 0 spiro atoms. The zero-order valence-electron chi connectivity index (χ0n) is 17.9. The fourth-order valence-electron chi connectivity index (χ4n) is 2.53. The lowest BCUT2D eigenvalue weighted by atomic mass is 10.1. The first-order valence-electron chi connectivity index (χ1n) is 9.98. The number of nitrogens with two attached hydrogens (primary N) is 2. The molecular formula is C18H33N5O8S. The number of unbranched alkanes of at least 4 members (excludes halogenated alkanes) is 1. The number of carboxylic acids is 2. The molecule has 32 heavy (non-hydrogen) atoms. The second-order valence-electron chi connectivity index (χ2n) is 6.97. The van der Waals surface area contributed by atoms with Gasteiger partial charge >= 0.3 is 11.9 Å². The highest BCUT2D eigenvalue weighted by Crippen LogP contribution is 2.05. The average molecular weight is 480 g/mol. The Morgan fingerprint density at radius 2 is 1.44 bits per heavy atom. The summed E-state index contributed by atoms with van der Waals surface area (Å²) >= 11 is 1.50. The average Bonchev–Trinajstić information content (AvgIpc) is 2.73. The van der Waals surface area contributed by atoms with Crippen LogP contribution in [0.5, 0.6) is 0 Å². The molecule has 0 heterocycles. The number of carbonyl (C=O) groups is 5. The van der Waals surface area contributed by atoms with E-state index in [2.05, 4.69) is 10.6 Å². The van der Waals surface area contributed by atoms with E-state index in [1.54, 1.807) is 0 Å². The highest BCUT2D eigenvalue weighted by Gasteiger charge is 2.31. The number of amides is 3. The van der Waals surface area contributed by atoms with Gasteiger partial charge < -0.3 is 42.7 Å². The summed E-state index contributed by atoms with van der Waals surface area (Å²) in [4.78, 5) is 59.6. The third kappa shape index (κ3) is 11.8. The zero-order valence-corrected chi connectivity index (χ0v) is 18.7. The van der Waals surface area contributed by atoms with Crippen LogP contribution in [-0.4, -0.2) is 94.3 Å². The lowest BCUT2D eigenvalue weighted by Crippen LogP contribution is -2.57. The molecule has 0 aromatic carbocycles. The summed E-state index contributed by atoms with van der Waals surface area (Å²) in [7, 11) is 0. The van der Waals surface area contributed by atoms with Gasteiger partial charge in [-0.3, -0.25) is 19.2 Å². The maximum Gasteiger partial charge on any atom is 0.328 e. The minimum absolute atomic E-state index is 0.166. The van der Waals surface area contributed by atoms with Crippen LogP contribution >= 0.6 is 11.8 Å². The Morgan fingerprint density at radius 3 is 1.94 bits per heavy atom. The number of hydrogen-bond acceptors (Lipinski definition) is 9. The van der Waals surface area contributed by atoms with Crippen LogP contribution in [0.3, 0.4) is 0 Å². The molecule has 4 unspecified atom stereocenters. The van der Waals surface area contributed by atoms with Crippen LogP contribution in [0.2, 0.25) is 0 Å². The van der Waals surface area contributed by atoms with Gasteiger partial charge in [-0.05, 0) is 44.2 Å². The third-order valence-corrected chi connectivity index (χ3v) is 5.00. The van der Waals surface area contributed by atoms with E-state index in [9.17, 15) is 24.0 Å². The Kier molecular flexibility index (Phi) is 15.0. The molecule has 0 aromatic rings. The van der Waals surface area contributed by atoms with Crippen LogP contribution in [-0.2, 0) is 24.0 Å². The van der Waals surface area contributed by atoms with Crippen LogP contribution < -0.4 is 27.4 Å². The summed E-state index contributed by atoms with van der Waals surface area (Å²) in [6, 6.07) is -5.27. The highest BCUT2D eigenvalue weighted by atomic mass is 32.2. The van der Waals surface area contributed by atoms with Crippen molar-refractivity contribution >= 4 is 41.4 Å². The molecular weight excluding hydrogens is 446 g/mol. The molecule has 184 valence electrons. The summed E-state index contributed by atoms with van der Waals surface area (Å²) in [6.45, 7) is -0.572. The van der Waals surface area contributed by atoms with Crippen molar-refractivity contribution < 1.29 is 39.3 Å². The first kappa shape index (κ1) is 29.6. The first-order valence-corrected chi connectivity index (χ1v) is 11.4. The monoisotopic (exact) mass is 479 g/mol. The normalized spacial score (nSPS) is 14.5. The van der Waals surface area contributed by atoms with E-state index in [0.29, 0.717) is 31.6 Å². The van der Waals surface area contributed by atoms with E-state index < -0.39 is 66.9 Å². The quantitative estimate of drug-likeness (QED) is 0.0992. The van der Waals surface area contributed by atoms with Crippen molar-refractivity contribution in [3.05, 3.63) is 0 Å². The van der Waals surface area contributed by atoms with Crippen LogP contribution in [0.1, 0.15) is 32.1 Å². The van der Waals surface area contributed by atoms with Crippen LogP contribution in [0.15, 0.2) is 0 Å². The van der Waals surface area contributed by atoms with Gasteiger partial charge in [0.25, 0.3) is 0 Å². The predicted octanol–water partition coefficient (Wildman–Crippen LogP) is -2.80. The maximum absolute atomic E-state index is 12.8. The van der Waals surface area contributed by atoms with Crippen molar-refractivity contribution in [1.29, 1.82) is 0 Å². The summed E-state index contributed by atoms with van der Waals surface area (Å²) in [6.07, 6.45) is 2.59. The van der Waals surface area contributed by atoms with Gasteiger partial charge in [0.15, 0.2) is 0 Å². The second-order valence-corrected chi connectivity index (χ2v) is 7.96. The van der Waals surface area contributed by atoms with Crippen molar-refractivity contribution in [2.24, 2.45) is 11.5 Å². The zero-order chi connectivity index (χ0) is 24.7. The van der Waals surface area contributed by atoms with Crippen molar-refractivity contribution in [2.75, 3.05) is 25.2 Å². The van der Waals surface area contributed by atoms with Crippen molar-refractivity contribution in [3.8, 4) is 0 Å². The van der Waals surface area contributed by atoms with Gasteiger partial charge in [0.2, 0.25) is 17.7 Å². The molecule has 0 rings (SSSR count). The number of aliphatic hydroxyl groups is 1. The molecule has 4 atom stereocenters. The van der Waals surface area contributed by atoms with Crippen LogP contribution in [0.4, 0.5) is 0 Å². The molecule has 0 saturated carbocycles. The van der Waals surface area contributed by atoms with Crippen LogP contribution in [0.25, 0.3) is 0 Å². The minimum atomic E-state index is -1.68. The van der Waals surface area contributed by atoms with E-state index in [0.717, 1.165) is 0 Å². The van der Waals surface area contributed by atoms with Crippen molar-refractivity contribution in [3.63, 3.8) is 0 Å². The Bertz CT molecular complexity index is 651. The van der Waals surface area contributed by atoms with Crippen molar-refractivity contribution in [2.45, 2.75) is 56.3 Å². The Hall–Kier alpha value is -2.42. The molecule has 13 nitrogen and oxygen atoms in total. The third-order valence-electron chi connectivity index (χ3n) is 4.36. The molecule has 14 heteroatoms. The van der Waals surface area contributed by atoms with Gasteiger partial charge in [-0.15, -0.1) is 0 Å². The number of aliphatic carboxylic acids is 2. The van der Waals surface area contributed by atoms with Gasteiger partial charge in [0.05, 0.1) is 19.1 Å². The number of carbonyl (C=O) groups excluding carboxylic acids is 3. The van der Waals surface area contributed by atoms with E-state index >= 15 is 0 Å². The number of aliphatic hydroxyl groups excluding tert-OH is 1.